The molecular weight excluding hydrogens is 268 g/mol. The number of nitrogens with one attached hydrogen (secondary N) is 1. The minimum absolute atomic E-state index is 0.00636. The first-order valence-electron chi connectivity index (χ1n) is 6.84. The van der Waals surface area contributed by atoms with E-state index in [9.17, 15) is 4.79 Å². The van der Waals surface area contributed by atoms with E-state index in [4.69, 9.17) is 10.8 Å². The molecule has 2 aromatic rings. The summed E-state index contributed by atoms with van der Waals surface area (Å²) in [5, 5.41) is 16.2. The third-order valence-corrected chi connectivity index (χ3v) is 3.48. The Hall–Kier alpha value is -2.34. The molecule has 2 atom stereocenters. The fourth-order valence-electron chi connectivity index (χ4n) is 1.80. The summed E-state index contributed by atoms with van der Waals surface area (Å²) in [5.41, 5.74) is 7.49. The van der Waals surface area contributed by atoms with Crippen LogP contribution in [0, 0.1) is 5.92 Å². The van der Waals surface area contributed by atoms with Crippen molar-refractivity contribution in [2.24, 2.45) is 5.92 Å². The molecule has 0 fully saturated rings. The highest BCUT2D eigenvalue weighted by molar-refractivity contribution is 5.92. The van der Waals surface area contributed by atoms with Gasteiger partial charge in [0.1, 0.15) is 0 Å². The van der Waals surface area contributed by atoms with Crippen LogP contribution in [0.2, 0.25) is 0 Å². The summed E-state index contributed by atoms with van der Waals surface area (Å²) in [5.74, 6) is -0.259. The molecule has 0 aliphatic rings. The van der Waals surface area contributed by atoms with Crippen molar-refractivity contribution in [3.05, 3.63) is 42.2 Å². The Morgan fingerprint density at radius 2 is 2.00 bits per heavy atom. The normalized spacial score (nSPS) is 13.7. The monoisotopic (exact) mass is 288 g/mol. The third-order valence-electron chi connectivity index (χ3n) is 3.48. The predicted molar refractivity (Wildman–Crippen MR) is 81.2 cm³/mol. The summed E-state index contributed by atoms with van der Waals surface area (Å²) >= 11 is 0. The van der Waals surface area contributed by atoms with Crippen LogP contribution in [0.4, 0.5) is 5.69 Å². The number of anilines is 1. The summed E-state index contributed by atoms with van der Waals surface area (Å²) in [6.07, 6.45) is 1.72. The highest BCUT2D eigenvalue weighted by atomic mass is 16.3. The van der Waals surface area contributed by atoms with Crippen LogP contribution in [0.5, 0.6) is 0 Å². The largest absolute Gasteiger partial charge is 0.399 e. The number of rotatable bonds is 5. The molecule has 1 amide bonds. The fraction of sp³-hybridized carbons (Fsp3) is 0.333. The van der Waals surface area contributed by atoms with Crippen LogP contribution in [0.3, 0.4) is 0 Å². The second-order valence-corrected chi connectivity index (χ2v) is 5.16. The maximum atomic E-state index is 12.1. The van der Waals surface area contributed by atoms with Crippen LogP contribution < -0.4 is 11.1 Å². The molecule has 2 unspecified atom stereocenters. The number of amides is 1. The summed E-state index contributed by atoms with van der Waals surface area (Å²) in [4.78, 5) is 12.1. The van der Waals surface area contributed by atoms with Gasteiger partial charge in [0.15, 0.2) is 5.69 Å². The van der Waals surface area contributed by atoms with E-state index in [0.29, 0.717) is 11.4 Å². The van der Waals surface area contributed by atoms with Crippen molar-refractivity contribution in [2.75, 3.05) is 12.3 Å². The molecule has 6 nitrogen and oxygen atoms in total. The molecule has 0 aliphatic heterocycles. The first kappa shape index (κ1) is 15.1. The lowest BCUT2D eigenvalue weighted by molar-refractivity contribution is 0.0911. The SMILES string of the molecule is CC(CO)C(C)NC(=O)c1ccn(-c2ccc(N)cc2)n1. The summed E-state index contributed by atoms with van der Waals surface area (Å²) < 4.78 is 1.62. The van der Waals surface area contributed by atoms with Crippen molar-refractivity contribution in [1.82, 2.24) is 15.1 Å². The lowest BCUT2D eigenvalue weighted by Gasteiger charge is -2.18. The van der Waals surface area contributed by atoms with E-state index < -0.39 is 0 Å². The summed E-state index contributed by atoms with van der Waals surface area (Å²) in [6, 6.07) is 8.76. The smallest absolute Gasteiger partial charge is 0.272 e. The average molecular weight is 288 g/mol. The maximum Gasteiger partial charge on any atom is 0.272 e. The summed E-state index contributed by atoms with van der Waals surface area (Å²) in [6.45, 7) is 3.76. The number of carbonyl (C=O) groups is 1. The number of nitrogens with two attached hydrogens (primary N) is 1. The number of aliphatic hydroxyl groups excluding tert-OH is 1. The van der Waals surface area contributed by atoms with Crippen LogP contribution in [-0.2, 0) is 0 Å². The first-order valence-corrected chi connectivity index (χ1v) is 6.84. The zero-order chi connectivity index (χ0) is 15.4. The van der Waals surface area contributed by atoms with Gasteiger partial charge in [-0.25, -0.2) is 4.68 Å². The van der Waals surface area contributed by atoms with E-state index in [1.54, 1.807) is 29.1 Å². The van der Waals surface area contributed by atoms with E-state index >= 15 is 0 Å². The van der Waals surface area contributed by atoms with Gasteiger partial charge in [0.2, 0.25) is 0 Å². The van der Waals surface area contributed by atoms with Crippen LogP contribution in [0.1, 0.15) is 24.3 Å². The van der Waals surface area contributed by atoms with Crippen molar-refractivity contribution in [3.8, 4) is 5.69 Å². The van der Waals surface area contributed by atoms with E-state index in [1.807, 2.05) is 26.0 Å². The van der Waals surface area contributed by atoms with Gasteiger partial charge in [0.05, 0.1) is 5.69 Å². The Kier molecular flexibility index (Phi) is 4.59. The molecule has 1 aromatic heterocycles. The Bertz CT molecular complexity index is 606. The minimum Gasteiger partial charge on any atom is -0.399 e. The molecule has 2 rings (SSSR count). The molecule has 0 aliphatic carbocycles. The second kappa shape index (κ2) is 6.41. The van der Waals surface area contributed by atoms with Crippen molar-refractivity contribution in [1.29, 1.82) is 0 Å². The molecule has 0 bridgehead atoms. The number of hydrogen-bond donors (Lipinski definition) is 3. The zero-order valence-corrected chi connectivity index (χ0v) is 12.2. The number of hydrogen-bond acceptors (Lipinski definition) is 4. The van der Waals surface area contributed by atoms with Gasteiger partial charge in [-0.05, 0) is 43.2 Å². The van der Waals surface area contributed by atoms with E-state index in [1.165, 1.54) is 0 Å². The van der Waals surface area contributed by atoms with Crippen LogP contribution in [-0.4, -0.2) is 33.4 Å². The topological polar surface area (TPSA) is 93.2 Å². The Balaban J connectivity index is 2.09. The van der Waals surface area contributed by atoms with E-state index in [2.05, 4.69) is 10.4 Å². The Morgan fingerprint density at radius 1 is 1.33 bits per heavy atom. The standard InChI is InChI=1S/C15H20N4O2/c1-10(9-20)11(2)17-15(21)14-7-8-19(18-14)13-5-3-12(16)4-6-13/h3-8,10-11,20H,9,16H2,1-2H3,(H,17,21). The molecule has 112 valence electrons. The van der Waals surface area contributed by atoms with Crippen LogP contribution >= 0.6 is 0 Å². The van der Waals surface area contributed by atoms with Gasteiger partial charge in [-0.2, -0.15) is 5.10 Å². The molecule has 6 heteroatoms. The highest BCUT2D eigenvalue weighted by Crippen LogP contribution is 2.11. The number of benzene rings is 1. The molecule has 0 saturated carbocycles. The number of aliphatic hydroxyl groups is 1. The van der Waals surface area contributed by atoms with E-state index in [-0.39, 0.29) is 24.5 Å². The lowest BCUT2D eigenvalue weighted by Crippen LogP contribution is -2.38. The van der Waals surface area contributed by atoms with Gasteiger partial charge in [-0.3, -0.25) is 4.79 Å². The zero-order valence-electron chi connectivity index (χ0n) is 12.2. The van der Waals surface area contributed by atoms with Gasteiger partial charge in [-0.1, -0.05) is 6.92 Å². The van der Waals surface area contributed by atoms with Gasteiger partial charge >= 0.3 is 0 Å². The number of nitrogens with zero attached hydrogens (tertiary/aromatic N) is 2. The second-order valence-electron chi connectivity index (χ2n) is 5.16. The first-order chi connectivity index (χ1) is 10.0. The van der Waals surface area contributed by atoms with Gasteiger partial charge < -0.3 is 16.2 Å². The molecule has 4 N–H and O–H groups in total. The Labute approximate surface area is 123 Å². The van der Waals surface area contributed by atoms with Crippen molar-refractivity contribution in [3.63, 3.8) is 0 Å². The molecule has 1 aromatic carbocycles. The predicted octanol–water partition coefficient (Wildman–Crippen LogP) is 1.20. The fourth-order valence-corrected chi connectivity index (χ4v) is 1.80. The number of nitrogen functional groups attached to an aromatic ring is 1. The Morgan fingerprint density at radius 3 is 2.62 bits per heavy atom. The molecular formula is C15H20N4O2. The van der Waals surface area contributed by atoms with Gasteiger partial charge in [0, 0.05) is 24.5 Å². The quantitative estimate of drug-likeness (QED) is 0.721. The van der Waals surface area contributed by atoms with Crippen molar-refractivity contribution < 1.29 is 9.90 Å². The maximum absolute atomic E-state index is 12.1. The summed E-state index contributed by atoms with van der Waals surface area (Å²) in [7, 11) is 0. The average Bonchev–Trinajstić information content (AvgIpc) is 2.97. The number of aromatic nitrogens is 2. The molecule has 0 radical (unpaired) electrons. The molecule has 0 saturated heterocycles. The highest BCUT2D eigenvalue weighted by Gasteiger charge is 2.17. The van der Waals surface area contributed by atoms with Crippen LogP contribution in [0.15, 0.2) is 36.5 Å². The van der Waals surface area contributed by atoms with Gasteiger partial charge in [0.25, 0.3) is 5.91 Å². The molecule has 0 spiro atoms. The van der Waals surface area contributed by atoms with Crippen LogP contribution in [0.25, 0.3) is 5.69 Å². The van der Waals surface area contributed by atoms with Crippen molar-refractivity contribution >= 4 is 11.6 Å². The minimum atomic E-state index is -0.253. The van der Waals surface area contributed by atoms with Gasteiger partial charge in [-0.15, -0.1) is 0 Å². The number of carbonyl (C=O) groups excluding carboxylic acids is 1. The molecule has 1 heterocycles. The third kappa shape index (κ3) is 3.61. The lowest BCUT2D eigenvalue weighted by atomic mass is 10.1. The van der Waals surface area contributed by atoms with Crippen molar-refractivity contribution in [2.45, 2.75) is 19.9 Å². The van der Waals surface area contributed by atoms with E-state index in [0.717, 1.165) is 5.69 Å². The molecule has 21 heavy (non-hydrogen) atoms.